The number of hydrogen-bond acceptors (Lipinski definition) is 2. The molecule has 0 aromatic rings. The highest BCUT2D eigenvalue weighted by Crippen LogP contribution is 2.23. The van der Waals surface area contributed by atoms with Crippen molar-refractivity contribution in [3.8, 4) is 0 Å². The number of nitrogens with zero attached hydrogens (tertiary/aromatic N) is 2. The van der Waals surface area contributed by atoms with Crippen LogP contribution in [-0.2, 0) is 0 Å². The smallest absolute Gasteiger partial charge is 0.0447 e. The maximum Gasteiger partial charge on any atom is 0.0447 e. The van der Waals surface area contributed by atoms with Gasteiger partial charge in [0.15, 0.2) is 0 Å². The van der Waals surface area contributed by atoms with E-state index in [0.717, 1.165) is 0 Å². The second-order valence-electron chi connectivity index (χ2n) is 3.79. The predicted molar refractivity (Wildman–Crippen MR) is 49.1 cm³/mol. The van der Waals surface area contributed by atoms with Gasteiger partial charge in [-0.05, 0) is 5.41 Å². The predicted octanol–water partition coefficient (Wildman–Crippen LogP) is 2.28. The highest BCUT2D eigenvalue weighted by Gasteiger charge is 2.20. The molecule has 1 rings (SSSR count). The molecule has 0 spiro atoms. The van der Waals surface area contributed by atoms with Crippen molar-refractivity contribution in [3.63, 3.8) is 0 Å². The van der Waals surface area contributed by atoms with Crippen LogP contribution in [0.2, 0.25) is 0 Å². The van der Waals surface area contributed by atoms with Crippen molar-refractivity contribution in [2.45, 2.75) is 20.8 Å². The molecule has 0 aromatic carbocycles. The lowest BCUT2D eigenvalue weighted by Crippen LogP contribution is -2.22. The Balaban J connectivity index is 2.75. The van der Waals surface area contributed by atoms with E-state index in [2.05, 4.69) is 30.8 Å². The molecule has 1 aliphatic rings. The molecule has 1 heterocycles. The largest absolute Gasteiger partial charge is 0.267 e. The Morgan fingerprint density at radius 1 is 1.00 bits per heavy atom. The van der Waals surface area contributed by atoms with E-state index >= 15 is 0 Å². The Bertz CT molecular complexity index is 190. The summed E-state index contributed by atoms with van der Waals surface area (Å²) in [5, 5.41) is 0. The summed E-state index contributed by atoms with van der Waals surface area (Å²) in [5.74, 6) is 0.345. The average Bonchev–Trinajstić information content (AvgIpc) is 2.10. The Hall–Kier alpha value is -0.920. The third-order valence-corrected chi connectivity index (χ3v) is 1.73. The lowest BCUT2D eigenvalue weighted by Gasteiger charge is -2.22. The van der Waals surface area contributed by atoms with Gasteiger partial charge in [-0.1, -0.05) is 20.8 Å². The lowest BCUT2D eigenvalue weighted by molar-refractivity contribution is 0.387. The van der Waals surface area contributed by atoms with Gasteiger partial charge < -0.3 is 0 Å². The molecule has 0 unspecified atom stereocenters. The van der Waals surface area contributed by atoms with Gasteiger partial charge in [0.05, 0.1) is 0 Å². The third kappa shape index (κ3) is 2.30. The second kappa shape index (κ2) is 2.99. The number of hydrogen-bond donors (Lipinski definition) is 0. The Labute approximate surface area is 67.8 Å². The molecule has 1 aliphatic heterocycles. The minimum atomic E-state index is 0.221. The van der Waals surface area contributed by atoms with E-state index in [0.29, 0.717) is 5.92 Å². The Morgan fingerprint density at radius 3 is 1.82 bits per heavy atom. The van der Waals surface area contributed by atoms with Crippen molar-refractivity contribution in [1.82, 2.24) is 0 Å². The zero-order valence-corrected chi connectivity index (χ0v) is 7.28. The minimum Gasteiger partial charge on any atom is -0.267 e. The maximum absolute atomic E-state index is 4.09. The van der Waals surface area contributed by atoms with E-state index in [4.69, 9.17) is 0 Å². The molecule has 0 saturated carbocycles. The van der Waals surface area contributed by atoms with Crippen LogP contribution in [0.4, 0.5) is 0 Å². The van der Waals surface area contributed by atoms with Gasteiger partial charge in [-0.2, -0.15) is 0 Å². The second-order valence-corrected chi connectivity index (χ2v) is 3.79. The first-order chi connectivity index (χ1) is 5.11. The van der Waals surface area contributed by atoms with Crippen LogP contribution in [0.1, 0.15) is 20.8 Å². The summed E-state index contributed by atoms with van der Waals surface area (Å²) in [6, 6.07) is 0. The topological polar surface area (TPSA) is 24.7 Å². The SMILES string of the molecule is CC(C)(C)C1C=NC=CN=C1. The van der Waals surface area contributed by atoms with Gasteiger partial charge in [-0.3, -0.25) is 9.98 Å². The molecule has 0 amide bonds. The molecule has 60 valence electrons. The zero-order valence-electron chi connectivity index (χ0n) is 7.28. The van der Waals surface area contributed by atoms with Gasteiger partial charge in [0.2, 0.25) is 0 Å². The molecule has 11 heavy (non-hydrogen) atoms. The fraction of sp³-hybridized carbons (Fsp3) is 0.556. The summed E-state index contributed by atoms with van der Waals surface area (Å²) in [6.07, 6.45) is 7.30. The standard InChI is InChI=1S/C9H14N2/c1-9(2,3)8-6-10-4-5-11-7-8/h4-8H,1-3H3. The molecule has 0 saturated heterocycles. The summed E-state index contributed by atoms with van der Waals surface area (Å²) in [6.45, 7) is 6.54. The molecule has 0 N–H and O–H groups in total. The highest BCUT2D eigenvalue weighted by atomic mass is 14.8. The lowest BCUT2D eigenvalue weighted by atomic mass is 9.82. The molecular weight excluding hydrogens is 136 g/mol. The summed E-state index contributed by atoms with van der Waals surface area (Å²) in [4.78, 5) is 8.18. The molecule has 0 aromatic heterocycles. The van der Waals surface area contributed by atoms with Gasteiger partial charge >= 0.3 is 0 Å². The molecule has 0 radical (unpaired) electrons. The van der Waals surface area contributed by atoms with Crippen LogP contribution in [0.3, 0.4) is 0 Å². The van der Waals surface area contributed by atoms with Gasteiger partial charge in [0, 0.05) is 30.7 Å². The normalized spacial score (nSPS) is 18.8. The van der Waals surface area contributed by atoms with E-state index < -0.39 is 0 Å². The zero-order chi connectivity index (χ0) is 8.32. The van der Waals surface area contributed by atoms with Crippen molar-refractivity contribution in [3.05, 3.63) is 12.4 Å². The van der Waals surface area contributed by atoms with Crippen molar-refractivity contribution in [2.75, 3.05) is 0 Å². The Kier molecular flexibility index (Phi) is 2.22. The van der Waals surface area contributed by atoms with Gasteiger partial charge in [-0.25, -0.2) is 0 Å². The molecule has 2 heteroatoms. The van der Waals surface area contributed by atoms with Gasteiger partial charge in [0.1, 0.15) is 0 Å². The van der Waals surface area contributed by atoms with Crippen molar-refractivity contribution in [2.24, 2.45) is 21.3 Å². The van der Waals surface area contributed by atoms with E-state index in [-0.39, 0.29) is 5.41 Å². The quantitative estimate of drug-likeness (QED) is 0.506. The summed E-state index contributed by atoms with van der Waals surface area (Å²) >= 11 is 0. The van der Waals surface area contributed by atoms with Crippen molar-refractivity contribution >= 4 is 12.4 Å². The van der Waals surface area contributed by atoms with Crippen molar-refractivity contribution < 1.29 is 0 Å². The molecule has 0 fully saturated rings. The van der Waals surface area contributed by atoms with E-state index in [9.17, 15) is 0 Å². The summed E-state index contributed by atoms with van der Waals surface area (Å²) < 4.78 is 0. The van der Waals surface area contributed by atoms with Crippen LogP contribution < -0.4 is 0 Å². The van der Waals surface area contributed by atoms with Crippen LogP contribution in [0.25, 0.3) is 0 Å². The van der Waals surface area contributed by atoms with Crippen LogP contribution in [0.5, 0.6) is 0 Å². The molecule has 0 bridgehead atoms. The first kappa shape index (κ1) is 8.18. The highest BCUT2D eigenvalue weighted by molar-refractivity contribution is 5.85. The summed E-state index contributed by atoms with van der Waals surface area (Å²) in [7, 11) is 0. The van der Waals surface area contributed by atoms with Gasteiger partial charge in [0.25, 0.3) is 0 Å². The third-order valence-electron chi connectivity index (χ3n) is 1.73. The van der Waals surface area contributed by atoms with Crippen molar-refractivity contribution in [1.29, 1.82) is 0 Å². The Morgan fingerprint density at radius 2 is 1.45 bits per heavy atom. The van der Waals surface area contributed by atoms with Gasteiger partial charge in [-0.15, -0.1) is 0 Å². The first-order valence-corrected chi connectivity index (χ1v) is 3.82. The van der Waals surface area contributed by atoms with Crippen LogP contribution in [0, 0.1) is 11.3 Å². The number of aliphatic imine (C=N–C) groups is 2. The van der Waals surface area contributed by atoms with Crippen LogP contribution in [-0.4, -0.2) is 12.4 Å². The fourth-order valence-corrected chi connectivity index (χ4v) is 0.848. The molecule has 0 atom stereocenters. The summed E-state index contributed by atoms with van der Waals surface area (Å²) in [5.41, 5.74) is 0.221. The maximum atomic E-state index is 4.09. The molecule has 2 nitrogen and oxygen atoms in total. The van der Waals surface area contributed by atoms with Crippen LogP contribution >= 0.6 is 0 Å². The van der Waals surface area contributed by atoms with Crippen LogP contribution in [0.15, 0.2) is 22.4 Å². The van der Waals surface area contributed by atoms with E-state index in [1.807, 2.05) is 12.4 Å². The monoisotopic (exact) mass is 150 g/mol. The average molecular weight is 150 g/mol. The first-order valence-electron chi connectivity index (χ1n) is 3.82. The van der Waals surface area contributed by atoms with E-state index in [1.165, 1.54) is 0 Å². The molecular formula is C9H14N2. The fourth-order valence-electron chi connectivity index (χ4n) is 0.848. The van der Waals surface area contributed by atoms with E-state index in [1.54, 1.807) is 12.4 Å². The number of rotatable bonds is 0. The molecule has 0 aliphatic carbocycles. The minimum absolute atomic E-state index is 0.221.